The molecule has 1 atom stereocenters. The molecule has 3 heteroatoms. The largest absolute Gasteiger partial charge is 0.367 e. The van der Waals surface area contributed by atoms with Gasteiger partial charge in [0, 0.05) is 18.8 Å². The molecule has 0 aromatic rings. The molecule has 1 aliphatic rings. The lowest BCUT2D eigenvalue weighted by Crippen LogP contribution is -2.35. The summed E-state index contributed by atoms with van der Waals surface area (Å²) < 4.78 is 0. The Bertz CT molecular complexity index is 158. The van der Waals surface area contributed by atoms with Crippen LogP contribution in [0.5, 0.6) is 0 Å². The summed E-state index contributed by atoms with van der Waals surface area (Å²) in [5.74, 6) is 0. The Morgan fingerprint density at radius 3 is 2.00 bits per heavy atom. The fourth-order valence-electron chi connectivity index (χ4n) is 1.19. The van der Waals surface area contributed by atoms with Crippen molar-refractivity contribution in [3.05, 3.63) is 11.3 Å². The maximum absolute atomic E-state index is 5.70. The standard InChI is InChI=1S/C7H13BN2/c1-5-6(2)9(4)10(8)7(5)3/h6H,1-4H3. The predicted molar refractivity (Wildman–Crippen MR) is 43.2 cm³/mol. The molecule has 10 heavy (non-hydrogen) atoms. The van der Waals surface area contributed by atoms with Gasteiger partial charge in [-0.25, -0.2) is 5.01 Å². The van der Waals surface area contributed by atoms with Crippen LogP contribution in [0.2, 0.25) is 0 Å². The van der Waals surface area contributed by atoms with Crippen LogP contribution < -0.4 is 0 Å². The number of hydrogen-bond acceptors (Lipinski definition) is 2. The summed E-state index contributed by atoms with van der Waals surface area (Å²) >= 11 is 0. The van der Waals surface area contributed by atoms with Crippen molar-refractivity contribution < 1.29 is 0 Å². The summed E-state index contributed by atoms with van der Waals surface area (Å²) in [5.41, 5.74) is 2.51. The van der Waals surface area contributed by atoms with Crippen LogP contribution in [-0.2, 0) is 0 Å². The Balaban J connectivity index is 2.88. The minimum absolute atomic E-state index is 0.449. The van der Waals surface area contributed by atoms with Crippen molar-refractivity contribution in [1.82, 2.24) is 9.93 Å². The van der Waals surface area contributed by atoms with E-state index in [-0.39, 0.29) is 0 Å². The van der Waals surface area contributed by atoms with Crippen molar-refractivity contribution in [3.8, 4) is 0 Å². The van der Waals surface area contributed by atoms with Crippen LogP contribution >= 0.6 is 0 Å². The van der Waals surface area contributed by atoms with Crippen LogP contribution in [0.4, 0.5) is 0 Å². The Morgan fingerprint density at radius 2 is 1.90 bits per heavy atom. The summed E-state index contributed by atoms with van der Waals surface area (Å²) in [7, 11) is 7.69. The topological polar surface area (TPSA) is 6.48 Å². The molecule has 0 aromatic heterocycles. The van der Waals surface area contributed by atoms with Crippen LogP contribution in [0.1, 0.15) is 20.8 Å². The maximum atomic E-state index is 5.70. The van der Waals surface area contributed by atoms with Gasteiger partial charge in [0.2, 0.25) is 0 Å². The van der Waals surface area contributed by atoms with Gasteiger partial charge in [-0.3, -0.25) is 0 Å². The highest BCUT2D eigenvalue weighted by Gasteiger charge is 2.24. The molecule has 0 aliphatic carbocycles. The first-order valence-electron chi connectivity index (χ1n) is 3.50. The second kappa shape index (κ2) is 2.31. The number of rotatable bonds is 0. The van der Waals surface area contributed by atoms with E-state index >= 15 is 0 Å². The minimum atomic E-state index is 0.449. The van der Waals surface area contributed by atoms with E-state index in [1.807, 2.05) is 19.0 Å². The predicted octanol–water partition coefficient (Wildman–Crippen LogP) is 0.915. The monoisotopic (exact) mass is 136 g/mol. The zero-order chi connectivity index (χ0) is 7.89. The van der Waals surface area contributed by atoms with Gasteiger partial charge in [-0.05, 0) is 26.3 Å². The molecule has 0 saturated carbocycles. The Morgan fingerprint density at radius 1 is 1.40 bits per heavy atom. The smallest absolute Gasteiger partial charge is 0.253 e. The number of allylic oxidation sites excluding steroid dienone is 1. The molecule has 0 saturated heterocycles. The van der Waals surface area contributed by atoms with Gasteiger partial charge in [0.1, 0.15) is 0 Å². The highest BCUT2D eigenvalue weighted by Crippen LogP contribution is 2.24. The lowest BCUT2D eigenvalue weighted by atomic mass is 10.1. The normalized spacial score (nSPS) is 28.4. The number of hydrazine groups is 1. The van der Waals surface area contributed by atoms with E-state index in [4.69, 9.17) is 7.98 Å². The maximum Gasteiger partial charge on any atom is 0.253 e. The van der Waals surface area contributed by atoms with Crippen molar-refractivity contribution in [1.29, 1.82) is 0 Å². The van der Waals surface area contributed by atoms with Crippen LogP contribution in [-0.4, -0.2) is 31.0 Å². The van der Waals surface area contributed by atoms with E-state index in [0.717, 1.165) is 5.70 Å². The third-order valence-corrected chi connectivity index (χ3v) is 2.44. The molecule has 0 fully saturated rings. The Labute approximate surface area is 63.9 Å². The van der Waals surface area contributed by atoms with Gasteiger partial charge in [0.15, 0.2) is 0 Å². The average Bonchev–Trinajstić information content (AvgIpc) is 2.07. The molecule has 2 radical (unpaired) electrons. The molecule has 0 N–H and O–H groups in total. The zero-order valence-electron chi connectivity index (χ0n) is 7.05. The van der Waals surface area contributed by atoms with Crippen molar-refractivity contribution in [3.63, 3.8) is 0 Å². The zero-order valence-corrected chi connectivity index (χ0v) is 7.05. The molecule has 0 bridgehead atoms. The van der Waals surface area contributed by atoms with Gasteiger partial charge in [0.05, 0.1) is 0 Å². The van der Waals surface area contributed by atoms with Crippen LogP contribution in [0.15, 0.2) is 11.3 Å². The van der Waals surface area contributed by atoms with E-state index in [0.29, 0.717) is 6.04 Å². The first kappa shape index (κ1) is 7.67. The van der Waals surface area contributed by atoms with E-state index < -0.39 is 0 Å². The molecular formula is C7H13BN2. The molecular weight excluding hydrogens is 123 g/mol. The van der Waals surface area contributed by atoms with Crippen LogP contribution in [0, 0.1) is 0 Å². The quantitative estimate of drug-likeness (QED) is 0.456. The molecule has 0 aromatic carbocycles. The van der Waals surface area contributed by atoms with Gasteiger partial charge < -0.3 is 4.92 Å². The van der Waals surface area contributed by atoms with Crippen LogP contribution in [0.3, 0.4) is 0 Å². The van der Waals surface area contributed by atoms with Gasteiger partial charge in [-0.1, -0.05) is 0 Å². The third kappa shape index (κ3) is 0.852. The Hall–Kier alpha value is -0.435. The summed E-state index contributed by atoms with van der Waals surface area (Å²) in [6.45, 7) is 6.30. The number of hydrogen-bond donors (Lipinski definition) is 0. The van der Waals surface area contributed by atoms with Gasteiger partial charge in [0.25, 0.3) is 7.98 Å². The van der Waals surface area contributed by atoms with Crippen molar-refractivity contribution in [2.75, 3.05) is 7.05 Å². The summed E-state index contributed by atoms with van der Waals surface area (Å²) in [6, 6.07) is 0.449. The number of nitrogens with zero attached hydrogens (tertiary/aromatic N) is 2. The fraction of sp³-hybridized carbons (Fsp3) is 0.714. The second-order valence-corrected chi connectivity index (χ2v) is 2.86. The van der Waals surface area contributed by atoms with E-state index in [2.05, 4.69) is 13.8 Å². The highest BCUT2D eigenvalue weighted by atomic mass is 15.6. The Kier molecular flexibility index (Phi) is 1.77. The van der Waals surface area contributed by atoms with Gasteiger partial charge in [-0.2, -0.15) is 0 Å². The van der Waals surface area contributed by atoms with E-state index in [9.17, 15) is 0 Å². The van der Waals surface area contributed by atoms with Crippen molar-refractivity contribution in [2.45, 2.75) is 26.8 Å². The minimum Gasteiger partial charge on any atom is -0.367 e. The SMILES string of the molecule is [B]N1C(C)=C(C)C(C)N1C. The fourth-order valence-corrected chi connectivity index (χ4v) is 1.19. The summed E-state index contributed by atoms with van der Waals surface area (Å²) in [5, 5.41) is 2.02. The molecule has 1 aliphatic heterocycles. The summed E-state index contributed by atoms with van der Waals surface area (Å²) in [6.07, 6.45) is 0. The average molecular weight is 136 g/mol. The van der Waals surface area contributed by atoms with Gasteiger partial charge in [-0.15, -0.1) is 0 Å². The third-order valence-electron chi connectivity index (χ3n) is 2.44. The summed E-state index contributed by atoms with van der Waals surface area (Å²) in [4.78, 5) is 1.69. The molecule has 0 spiro atoms. The lowest BCUT2D eigenvalue weighted by Gasteiger charge is -2.27. The first-order chi connectivity index (χ1) is 4.55. The molecule has 2 nitrogen and oxygen atoms in total. The molecule has 0 amide bonds. The van der Waals surface area contributed by atoms with E-state index in [1.165, 1.54) is 5.57 Å². The van der Waals surface area contributed by atoms with Crippen LogP contribution in [0.25, 0.3) is 0 Å². The first-order valence-corrected chi connectivity index (χ1v) is 3.50. The highest BCUT2D eigenvalue weighted by molar-refractivity contribution is 6.05. The second-order valence-electron chi connectivity index (χ2n) is 2.86. The van der Waals surface area contributed by atoms with Crippen molar-refractivity contribution in [2.24, 2.45) is 0 Å². The van der Waals surface area contributed by atoms with Crippen molar-refractivity contribution >= 4 is 7.98 Å². The molecule has 1 rings (SSSR count). The molecule has 54 valence electrons. The number of likely N-dealkylation sites (N-methyl/N-ethyl adjacent to an activating group) is 1. The molecule has 1 unspecified atom stereocenters. The van der Waals surface area contributed by atoms with Gasteiger partial charge >= 0.3 is 0 Å². The van der Waals surface area contributed by atoms with E-state index in [1.54, 1.807) is 4.92 Å². The lowest BCUT2D eigenvalue weighted by molar-refractivity contribution is 0.132. The molecule has 1 heterocycles.